The Bertz CT molecular complexity index is 147. The maximum atomic E-state index is 3.46. The SMILES string of the molecule is C1CCCC(CC2CCNCC2)CC1.Cl. The van der Waals surface area contributed by atoms with E-state index in [4.69, 9.17) is 0 Å². The van der Waals surface area contributed by atoms with Crippen molar-refractivity contribution in [3.8, 4) is 0 Å². The highest BCUT2D eigenvalue weighted by atomic mass is 35.5. The van der Waals surface area contributed by atoms with Gasteiger partial charge in [0.05, 0.1) is 0 Å². The van der Waals surface area contributed by atoms with Crippen LogP contribution in [0.5, 0.6) is 0 Å². The van der Waals surface area contributed by atoms with Crippen LogP contribution in [0.25, 0.3) is 0 Å². The lowest BCUT2D eigenvalue weighted by Gasteiger charge is -2.26. The Kier molecular flexibility index (Phi) is 6.67. The molecule has 2 rings (SSSR count). The number of halogens is 1. The van der Waals surface area contributed by atoms with Crippen LogP contribution in [0.4, 0.5) is 0 Å². The molecule has 1 aliphatic carbocycles. The summed E-state index contributed by atoms with van der Waals surface area (Å²) in [6, 6.07) is 0. The van der Waals surface area contributed by atoms with E-state index in [2.05, 4.69) is 5.32 Å². The lowest BCUT2D eigenvalue weighted by Crippen LogP contribution is -2.28. The van der Waals surface area contributed by atoms with E-state index in [9.17, 15) is 0 Å². The summed E-state index contributed by atoms with van der Waals surface area (Å²) in [5.74, 6) is 2.14. The van der Waals surface area contributed by atoms with Crippen molar-refractivity contribution in [2.24, 2.45) is 11.8 Å². The first-order valence-corrected chi connectivity index (χ1v) is 6.66. The van der Waals surface area contributed by atoms with Crippen LogP contribution < -0.4 is 5.32 Å². The summed E-state index contributed by atoms with van der Waals surface area (Å²) < 4.78 is 0. The lowest BCUT2D eigenvalue weighted by molar-refractivity contribution is 0.281. The number of rotatable bonds is 2. The van der Waals surface area contributed by atoms with E-state index in [1.807, 2.05) is 0 Å². The molecule has 2 heteroatoms. The second kappa shape index (κ2) is 7.51. The average Bonchev–Trinajstić information content (AvgIpc) is 2.48. The van der Waals surface area contributed by atoms with Gasteiger partial charge in [0, 0.05) is 0 Å². The molecule has 1 saturated carbocycles. The van der Waals surface area contributed by atoms with Gasteiger partial charge in [0.15, 0.2) is 0 Å². The largest absolute Gasteiger partial charge is 0.317 e. The van der Waals surface area contributed by atoms with Gasteiger partial charge in [-0.3, -0.25) is 0 Å². The fraction of sp³-hybridized carbons (Fsp3) is 1.00. The van der Waals surface area contributed by atoms with Gasteiger partial charge in [0.2, 0.25) is 0 Å². The number of nitrogens with one attached hydrogen (secondary N) is 1. The summed E-state index contributed by atoms with van der Waals surface area (Å²) >= 11 is 0. The van der Waals surface area contributed by atoms with Gasteiger partial charge in [0.1, 0.15) is 0 Å². The first kappa shape index (κ1) is 13.3. The number of hydrogen-bond donors (Lipinski definition) is 1. The van der Waals surface area contributed by atoms with Crippen LogP contribution in [0.3, 0.4) is 0 Å². The Labute approximate surface area is 101 Å². The minimum absolute atomic E-state index is 0. The van der Waals surface area contributed by atoms with Crippen molar-refractivity contribution in [3.63, 3.8) is 0 Å². The third-order valence-corrected chi connectivity index (χ3v) is 4.10. The molecule has 2 aliphatic rings. The number of hydrogen-bond acceptors (Lipinski definition) is 1. The molecule has 0 unspecified atom stereocenters. The lowest BCUT2D eigenvalue weighted by atomic mass is 9.84. The van der Waals surface area contributed by atoms with Gasteiger partial charge >= 0.3 is 0 Å². The molecule has 2 fully saturated rings. The normalized spacial score (nSPS) is 25.6. The first-order valence-electron chi connectivity index (χ1n) is 6.66. The topological polar surface area (TPSA) is 12.0 Å². The predicted molar refractivity (Wildman–Crippen MR) is 68.7 cm³/mol. The molecule has 1 heterocycles. The zero-order chi connectivity index (χ0) is 9.64. The van der Waals surface area contributed by atoms with Crippen LogP contribution in [0.1, 0.15) is 57.8 Å². The Hall–Kier alpha value is 0.250. The quantitative estimate of drug-likeness (QED) is 0.714. The molecule has 0 aromatic rings. The van der Waals surface area contributed by atoms with Crippen LogP contribution in [0, 0.1) is 11.8 Å². The van der Waals surface area contributed by atoms with E-state index >= 15 is 0 Å². The van der Waals surface area contributed by atoms with Gasteiger partial charge in [-0.05, 0) is 44.2 Å². The molecule has 0 aromatic heterocycles. The summed E-state index contributed by atoms with van der Waals surface area (Å²) in [5.41, 5.74) is 0. The van der Waals surface area contributed by atoms with Crippen LogP contribution in [-0.4, -0.2) is 13.1 Å². The van der Waals surface area contributed by atoms with Crippen LogP contribution in [0.15, 0.2) is 0 Å². The van der Waals surface area contributed by atoms with Crippen molar-refractivity contribution >= 4 is 12.4 Å². The van der Waals surface area contributed by atoms with Crippen molar-refractivity contribution < 1.29 is 0 Å². The molecule has 15 heavy (non-hydrogen) atoms. The zero-order valence-corrected chi connectivity index (χ0v) is 10.7. The summed E-state index contributed by atoms with van der Waals surface area (Å²) in [6.45, 7) is 2.55. The van der Waals surface area contributed by atoms with Crippen molar-refractivity contribution in [3.05, 3.63) is 0 Å². The van der Waals surface area contributed by atoms with Gasteiger partial charge in [-0.1, -0.05) is 38.5 Å². The molecular formula is C13H26ClN. The minimum atomic E-state index is 0. The van der Waals surface area contributed by atoms with E-state index in [1.54, 1.807) is 6.42 Å². The molecule has 90 valence electrons. The predicted octanol–water partition coefficient (Wildman–Crippen LogP) is 3.77. The summed E-state index contributed by atoms with van der Waals surface area (Å²) in [5, 5.41) is 3.46. The number of piperidine rings is 1. The monoisotopic (exact) mass is 231 g/mol. The summed E-state index contributed by atoms with van der Waals surface area (Å²) in [4.78, 5) is 0. The first-order chi connectivity index (χ1) is 6.95. The van der Waals surface area contributed by atoms with E-state index in [1.165, 1.54) is 64.5 Å². The van der Waals surface area contributed by atoms with E-state index in [-0.39, 0.29) is 12.4 Å². The Morgan fingerprint density at radius 2 is 1.27 bits per heavy atom. The fourth-order valence-electron chi connectivity index (χ4n) is 3.19. The Morgan fingerprint density at radius 3 is 1.87 bits per heavy atom. The van der Waals surface area contributed by atoms with Crippen molar-refractivity contribution in [2.45, 2.75) is 57.8 Å². The fourth-order valence-corrected chi connectivity index (χ4v) is 3.19. The highest BCUT2D eigenvalue weighted by Gasteiger charge is 2.19. The summed E-state index contributed by atoms with van der Waals surface area (Å²) in [6.07, 6.45) is 13.5. The third kappa shape index (κ3) is 4.74. The second-order valence-electron chi connectivity index (χ2n) is 5.29. The second-order valence-corrected chi connectivity index (χ2v) is 5.29. The molecule has 1 N–H and O–H groups in total. The van der Waals surface area contributed by atoms with E-state index in [0.29, 0.717) is 0 Å². The van der Waals surface area contributed by atoms with Gasteiger partial charge in [-0.15, -0.1) is 12.4 Å². The van der Waals surface area contributed by atoms with Crippen molar-refractivity contribution in [2.75, 3.05) is 13.1 Å². The van der Waals surface area contributed by atoms with E-state index < -0.39 is 0 Å². The van der Waals surface area contributed by atoms with Crippen LogP contribution in [-0.2, 0) is 0 Å². The highest BCUT2D eigenvalue weighted by Crippen LogP contribution is 2.30. The molecule has 1 aliphatic heterocycles. The van der Waals surface area contributed by atoms with Gasteiger partial charge in [-0.2, -0.15) is 0 Å². The standard InChI is InChI=1S/C13H25N.ClH/c1-2-4-6-12(5-3-1)11-13-7-9-14-10-8-13;/h12-14H,1-11H2;1H. The van der Waals surface area contributed by atoms with Crippen LogP contribution >= 0.6 is 12.4 Å². The van der Waals surface area contributed by atoms with Gasteiger partial charge in [-0.25, -0.2) is 0 Å². The molecule has 0 radical (unpaired) electrons. The van der Waals surface area contributed by atoms with Gasteiger partial charge in [0.25, 0.3) is 0 Å². The van der Waals surface area contributed by atoms with Crippen LogP contribution in [0.2, 0.25) is 0 Å². The molecule has 1 nitrogen and oxygen atoms in total. The molecule has 0 spiro atoms. The third-order valence-electron chi connectivity index (χ3n) is 4.10. The molecule has 0 atom stereocenters. The maximum absolute atomic E-state index is 3.46. The molecule has 0 aromatic carbocycles. The molecular weight excluding hydrogens is 206 g/mol. The smallest absolute Gasteiger partial charge is 0.00463 e. The van der Waals surface area contributed by atoms with Gasteiger partial charge < -0.3 is 5.32 Å². The van der Waals surface area contributed by atoms with Crippen molar-refractivity contribution in [1.29, 1.82) is 0 Å². The van der Waals surface area contributed by atoms with Crippen molar-refractivity contribution in [1.82, 2.24) is 5.32 Å². The minimum Gasteiger partial charge on any atom is -0.317 e. The molecule has 1 saturated heterocycles. The summed E-state index contributed by atoms with van der Waals surface area (Å²) in [7, 11) is 0. The maximum Gasteiger partial charge on any atom is -0.00463 e. The van der Waals surface area contributed by atoms with E-state index in [0.717, 1.165) is 11.8 Å². The zero-order valence-electron chi connectivity index (χ0n) is 9.84. The molecule has 0 bridgehead atoms. The highest BCUT2D eigenvalue weighted by molar-refractivity contribution is 5.85. The average molecular weight is 232 g/mol. The Balaban J connectivity index is 0.00000112. The molecule has 0 amide bonds. The Morgan fingerprint density at radius 1 is 0.733 bits per heavy atom.